The summed E-state index contributed by atoms with van der Waals surface area (Å²) in [5.74, 6) is 2.42. The maximum atomic E-state index is 12.7. The van der Waals surface area contributed by atoms with Crippen molar-refractivity contribution in [2.24, 2.45) is 5.92 Å². The summed E-state index contributed by atoms with van der Waals surface area (Å²) >= 11 is 0. The smallest absolute Gasteiger partial charge is 0.223 e. The Labute approximate surface area is 157 Å². The van der Waals surface area contributed by atoms with Gasteiger partial charge in [-0.1, -0.05) is 19.3 Å². The van der Waals surface area contributed by atoms with Crippen molar-refractivity contribution in [1.29, 1.82) is 0 Å². The average Bonchev–Trinajstić information content (AvgIpc) is 2.68. The van der Waals surface area contributed by atoms with Crippen LogP contribution in [0.15, 0.2) is 6.20 Å². The molecule has 1 atom stereocenters. The minimum Gasteiger partial charge on any atom is -0.338 e. The zero-order valence-corrected chi connectivity index (χ0v) is 16.1. The third-order valence-corrected chi connectivity index (χ3v) is 6.48. The molecule has 0 radical (unpaired) electrons. The third-order valence-electron chi connectivity index (χ3n) is 6.48. The van der Waals surface area contributed by atoms with Crippen molar-refractivity contribution in [3.05, 3.63) is 23.3 Å². The van der Waals surface area contributed by atoms with E-state index in [2.05, 4.69) is 16.9 Å². The molecule has 4 rings (SSSR count). The number of likely N-dealkylation sites (tertiary alicyclic amines) is 1. The summed E-state index contributed by atoms with van der Waals surface area (Å²) in [4.78, 5) is 26.7. The van der Waals surface area contributed by atoms with Crippen LogP contribution in [0.3, 0.4) is 0 Å². The maximum Gasteiger partial charge on any atom is 0.223 e. The van der Waals surface area contributed by atoms with Crippen molar-refractivity contribution in [2.75, 3.05) is 26.7 Å². The largest absolute Gasteiger partial charge is 0.338 e. The van der Waals surface area contributed by atoms with E-state index < -0.39 is 0 Å². The summed E-state index contributed by atoms with van der Waals surface area (Å²) in [6.07, 6.45) is 12.4. The lowest BCUT2D eigenvalue weighted by molar-refractivity contribution is -0.133. The van der Waals surface area contributed by atoms with Gasteiger partial charge in [-0.15, -0.1) is 0 Å². The molecule has 26 heavy (non-hydrogen) atoms. The van der Waals surface area contributed by atoms with Crippen LogP contribution in [0, 0.1) is 5.92 Å². The molecule has 2 fully saturated rings. The molecule has 0 spiro atoms. The van der Waals surface area contributed by atoms with Crippen molar-refractivity contribution in [2.45, 2.75) is 70.3 Å². The fourth-order valence-corrected chi connectivity index (χ4v) is 4.89. The SMILES string of the molecule is CN1CCC[C@@H](c2ncc3c(n2)CCN(C(=O)CC2CCCCC2)C3)C1. The summed E-state index contributed by atoms with van der Waals surface area (Å²) in [6, 6.07) is 0. The Balaban J connectivity index is 1.38. The molecule has 5 nitrogen and oxygen atoms in total. The van der Waals surface area contributed by atoms with Crippen LogP contribution in [0.2, 0.25) is 0 Å². The van der Waals surface area contributed by atoms with Crippen LogP contribution in [0.5, 0.6) is 0 Å². The van der Waals surface area contributed by atoms with Crippen LogP contribution in [-0.4, -0.2) is 52.4 Å². The highest BCUT2D eigenvalue weighted by Crippen LogP contribution is 2.29. The van der Waals surface area contributed by atoms with Crippen molar-refractivity contribution in [1.82, 2.24) is 19.8 Å². The second-order valence-corrected chi connectivity index (χ2v) is 8.57. The molecular weight excluding hydrogens is 324 g/mol. The second kappa shape index (κ2) is 8.03. The highest BCUT2D eigenvalue weighted by molar-refractivity contribution is 5.76. The predicted octanol–water partition coefficient (Wildman–Crippen LogP) is 3.14. The monoisotopic (exact) mass is 356 g/mol. The normalized spacial score (nSPS) is 25.1. The van der Waals surface area contributed by atoms with Crippen molar-refractivity contribution >= 4 is 5.91 Å². The Bertz CT molecular complexity index is 641. The highest BCUT2D eigenvalue weighted by Gasteiger charge is 2.27. The minimum atomic E-state index is 0.334. The van der Waals surface area contributed by atoms with E-state index in [9.17, 15) is 4.79 Å². The van der Waals surface area contributed by atoms with E-state index in [0.717, 1.165) is 37.3 Å². The molecule has 1 aromatic heterocycles. The molecule has 1 saturated heterocycles. The Morgan fingerprint density at radius 1 is 1.15 bits per heavy atom. The third kappa shape index (κ3) is 4.08. The van der Waals surface area contributed by atoms with Gasteiger partial charge in [0.25, 0.3) is 0 Å². The Hall–Kier alpha value is -1.49. The number of aromatic nitrogens is 2. The lowest BCUT2D eigenvalue weighted by atomic mass is 9.86. The number of hydrogen-bond acceptors (Lipinski definition) is 4. The van der Waals surface area contributed by atoms with Gasteiger partial charge in [0.2, 0.25) is 5.91 Å². The zero-order valence-electron chi connectivity index (χ0n) is 16.1. The van der Waals surface area contributed by atoms with Gasteiger partial charge in [-0.25, -0.2) is 9.97 Å². The Kier molecular flexibility index (Phi) is 5.53. The Morgan fingerprint density at radius 2 is 2.00 bits per heavy atom. The molecule has 0 aromatic carbocycles. The molecule has 0 unspecified atom stereocenters. The van der Waals surface area contributed by atoms with E-state index >= 15 is 0 Å². The molecule has 2 aliphatic heterocycles. The van der Waals surface area contributed by atoms with Crippen LogP contribution < -0.4 is 0 Å². The summed E-state index contributed by atoms with van der Waals surface area (Å²) in [7, 11) is 2.18. The molecule has 1 aromatic rings. The predicted molar refractivity (Wildman–Crippen MR) is 102 cm³/mol. The molecule has 3 heterocycles. The number of hydrogen-bond donors (Lipinski definition) is 0. The molecule has 1 aliphatic carbocycles. The first-order chi connectivity index (χ1) is 12.7. The topological polar surface area (TPSA) is 49.3 Å². The van der Waals surface area contributed by atoms with E-state index in [0.29, 0.717) is 24.3 Å². The van der Waals surface area contributed by atoms with Crippen molar-refractivity contribution in [3.8, 4) is 0 Å². The van der Waals surface area contributed by atoms with Gasteiger partial charge in [0.05, 0.1) is 5.69 Å². The first kappa shape index (κ1) is 17.9. The van der Waals surface area contributed by atoms with E-state index in [1.807, 2.05) is 11.1 Å². The van der Waals surface area contributed by atoms with Crippen LogP contribution >= 0.6 is 0 Å². The quantitative estimate of drug-likeness (QED) is 0.835. The fourth-order valence-electron chi connectivity index (χ4n) is 4.89. The highest BCUT2D eigenvalue weighted by atomic mass is 16.2. The number of fused-ring (bicyclic) bond motifs is 1. The first-order valence-electron chi connectivity index (χ1n) is 10.5. The number of carbonyl (C=O) groups is 1. The molecule has 3 aliphatic rings. The zero-order chi connectivity index (χ0) is 17.9. The van der Waals surface area contributed by atoms with Gasteiger partial charge in [-0.3, -0.25) is 4.79 Å². The van der Waals surface area contributed by atoms with Gasteiger partial charge in [-0.05, 0) is 45.2 Å². The van der Waals surface area contributed by atoms with Crippen LogP contribution in [0.25, 0.3) is 0 Å². The van der Waals surface area contributed by atoms with Crippen LogP contribution in [0.4, 0.5) is 0 Å². The van der Waals surface area contributed by atoms with Gasteiger partial charge in [0.15, 0.2) is 0 Å². The maximum absolute atomic E-state index is 12.7. The number of likely N-dealkylation sites (N-methyl/N-ethyl adjacent to an activating group) is 1. The second-order valence-electron chi connectivity index (χ2n) is 8.57. The molecule has 1 amide bonds. The molecule has 0 bridgehead atoms. The van der Waals surface area contributed by atoms with Gasteiger partial charge in [-0.2, -0.15) is 0 Å². The van der Waals surface area contributed by atoms with Crippen molar-refractivity contribution < 1.29 is 4.79 Å². The van der Waals surface area contributed by atoms with E-state index in [1.165, 1.54) is 57.2 Å². The minimum absolute atomic E-state index is 0.334. The Morgan fingerprint density at radius 3 is 2.81 bits per heavy atom. The summed E-state index contributed by atoms with van der Waals surface area (Å²) in [5, 5.41) is 0. The van der Waals surface area contributed by atoms with Gasteiger partial charge in [0, 0.05) is 50.2 Å². The molecule has 0 N–H and O–H groups in total. The fraction of sp³-hybridized carbons (Fsp3) is 0.762. The van der Waals surface area contributed by atoms with E-state index in [4.69, 9.17) is 4.98 Å². The first-order valence-corrected chi connectivity index (χ1v) is 10.5. The number of carbonyl (C=O) groups excluding carboxylic acids is 1. The summed E-state index contributed by atoms with van der Waals surface area (Å²) in [6.45, 7) is 3.76. The lowest BCUT2D eigenvalue weighted by Crippen LogP contribution is -2.38. The van der Waals surface area contributed by atoms with Gasteiger partial charge in [0.1, 0.15) is 5.82 Å². The van der Waals surface area contributed by atoms with Gasteiger partial charge >= 0.3 is 0 Å². The lowest BCUT2D eigenvalue weighted by Gasteiger charge is -2.32. The summed E-state index contributed by atoms with van der Waals surface area (Å²) < 4.78 is 0. The number of rotatable bonds is 3. The van der Waals surface area contributed by atoms with Gasteiger partial charge < -0.3 is 9.80 Å². The van der Waals surface area contributed by atoms with E-state index in [-0.39, 0.29) is 0 Å². The number of piperidine rings is 1. The molecule has 142 valence electrons. The van der Waals surface area contributed by atoms with E-state index in [1.54, 1.807) is 0 Å². The molecule has 1 saturated carbocycles. The summed E-state index contributed by atoms with van der Waals surface area (Å²) in [5.41, 5.74) is 2.33. The van der Waals surface area contributed by atoms with Crippen molar-refractivity contribution in [3.63, 3.8) is 0 Å². The molecular formula is C21H32N4O. The standard InChI is InChI=1S/C21H32N4O/c1-24-10-5-8-17(14-24)21-22-13-18-15-25(11-9-19(18)23-21)20(26)12-16-6-3-2-4-7-16/h13,16-17H,2-12,14-15H2,1H3/t17-/m1/s1. The molecule has 5 heteroatoms. The number of nitrogens with zero attached hydrogens (tertiary/aromatic N) is 4. The number of amides is 1. The van der Waals surface area contributed by atoms with Crippen LogP contribution in [-0.2, 0) is 17.8 Å². The average molecular weight is 357 g/mol. The van der Waals surface area contributed by atoms with Crippen LogP contribution in [0.1, 0.15) is 74.4 Å².